The number of anilines is 1. The molecule has 2 aromatic rings. The predicted octanol–water partition coefficient (Wildman–Crippen LogP) is 4.04. The van der Waals surface area contributed by atoms with Crippen LogP contribution in [0.1, 0.15) is 15.9 Å². The second-order valence-corrected chi connectivity index (χ2v) is 4.33. The Morgan fingerprint density at radius 1 is 1.17 bits per heavy atom. The minimum absolute atomic E-state index is 0.176. The van der Waals surface area contributed by atoms with E-state index in [1.165, 1.54) is 6.07 Å². The molecule has 0 aromatic heterocycles. The summed E-state index contributed by atoms with van der Waals surface area (Å²) >= 11 is 5.73. The highest BCUT2D eigenvalue weighted by atomic mass is 35.5. The van der Waals surface area contributed by atoms with Gasteiger partial charge in [-0.15, -0.1) is 0 Å². The maximum absolute atomic E-state index is 13.7. The third-order valence-electron chi connectivity index (χ3n) is 2.55. The summed E-state index contributed by atoms with van der Waals surface area (Å²) in [5, 5.41) is 3.08. The van der Waals surface area contributed by atoms with Crippen molar-refractivity contribution in [2.45, 2.75) is 6.92 Å². The van der Waals surface area contributed by atoms with Crippen molar-refractivity contribution in [1.29, 1.82) is 0 Å². The Hall–Kier alpha value is -1.87. The maximum Gasteiger partial charge on any atom is 0.255 e. The molecule has 0 spiro atoms. The molecule has 1 amide bonds. The number of nitrogens with one attached hydrogen (secondary N) is 1. The van der Waals surface area contributed by atoms with E-state index in [2.05, 4.69) is 5.32 Å². The average molecular weight is 264 g/mol. The molecule has 0 heterocycles. The first-order valence-electron chi connectivity index (χ1n) is 5.40. The number of carbonyl (C=O) groups is 1. The van der Waals surface area contributed by atoms with E-state index in [4.69, 9.17) is 11.6 Å². The number of hydrogen-bond acceptors (Lipinski definition) is 1. The number of halogens is 2. The highest BCUT2D eigenvalue weighted by Crippen LogP contribution is 2.18. The summed E-state index contributed by atoms with van der Waals surface area (Å²) in [5.74, 6) is -0.781. The van der Waals surface area contributed by atoms with Crippen LogP contribution in [0.3, 0.4) is 0 Å². The predicted molar refractivity (Wildman–Crippen MR) is 70.5 cm³/mol. The standard InChI is InChI=1S/C14H11ClFNO/c1-9-3-2-4-12(13(9)16)17-14(18)10-5-7-11(15)8-6-10/h2-8H,1H3,(H,17,18). The second kappa shape index (κ2) is 5.19. The fraction of sp³-hybridized carbons (Fsp3) is 0.0714. The van der Waals surface area contributed by atoms with E-state index in [1.54, 1.807) is 43.3 Å². The highest BCUT2D eigenvalue weighted by molar-refractivity contribution is 6.30. The van der Waals surface area contributed by atoms with Crippen LogP contribution in [-0.4, -0.2) is 5.91 Å². The Kier molecular flexibility index (Phi) is 3.63. The van der Waals surface area contributed by atoms with Crippen LogP contribution < -0.4 is 5.32 Å². The first kappa shape index (κ1) is 12.6. The smallest absolute Gasteiger partial charge is 0.255 e. The van der Waals surface area contributed by atoms with Crippen molar-refractivity contribution >= 4 is 23.2 Å². The summed E-state index contributed by atoms with van der Waals surface area (Å²) < 4.78 is 13.7. The van der Waals surface area contributed by atoms with E-state index in [-0.39, 0.29) is 11.6 Å². The number of carbonyl (C=O) groups excluding carboxylic acids is 1. The van der Waals surface area contributed by atoms with Crippen molar-refractivity contribution in [3.05, 3.63) is 64.4 Å². The van der Waals surface area contributed by atoms with Crippen molar-refractivity contribution in [2.75, 3.05) is 5.32 Å². The summed E-state index contributed by atoms with van der Waals surface area (Å²) in [7, 11) is 0. The lowest BCUT2D eigenvalue weighted by Crippen LogP contribution is -2.13. The van der Waals surface area contributed by atoms with Gasteiger partial charge >= 0.3 is 0 Å². The molecule has 0 saturated heterocycles. The number of amides is 1. The number of benzene rings is 2. The van der Waals surface area contributed by atoms with E-state index < -0.39 is 5.82 Å². The molecule has 0 aliphatic rings. The van der Waals surface area contributed by atoms with Crippen molar-refractivity contribution in [2.24, 2.45) is 0 Å². The molecule has 0 saturated carbocycles. The van der Waals surface area contributed by atoms with Gasteiger partial charge in [0.2, 0.25) is 0 Å². The molecule has 18 heavy (non-hydrogen) atoms. The first-order valence-corrected chi connectivity index (χ1v) is 5.78. The molecular weight excluding hydrogens is 253 g/mol. The van der Waals surface area contributed by atoms with Crippen LogP contribution >= 0.6 is 11.6 Å². The summed E-state index contributed by atoms with van der Waals surface area (Å²) in [5.41, 5.74) is 1.10. The van der Waals surface area contributed by atoms with Crippen LogP contribution in [0.2, 0.25) is 5.02 Å². The molecule has 0 aliphatic carbocycles. The fourth-order valence-electron chi connectivity index (χ4n) is 1.54. The van der Waals surface area contributed by atoms with Crippen molar-refractivity contribution < 1.29 is 9.18 Å². The minimum Gasteiger partial charge on any atom is -0.319 e. The van der Waals surface area contributed by atoms with Gasteiger partial charge in [-0.25, -0.2) is 4.39 Å². The van der Waals surface area contributed by atoms with Crippen LogP contribution in [0.15, 0.2) is 42.5 Å². The lowest BCUT2D eigenvalue weighted by Gasteiger charge is -2.07. The summed E-state index contributed by atoms with van der Waals surface area (Å²) in [6.07, 6.45) is 0. The van der Waals surface area contributed by atoms with E-state index in [0.29, 0.717) is 16.1 Å². The highest BCUT2D eigenvalue weighted by Gasteiger charge is 2.10. The lowest BCUT2D eigenvalue weighted by molar-refractivity contribution is 0.102. The van der Waals surface area contributed by atoms with Gasteiger partial charge in [-0.1, -0.05) is 23.7 Å². The monoisotopic (exact) mass is 263 g/mol. The van der Waals surface area contributed by atoms with Crippen molar-refractivity contribution in [1.82, 2.24) is 0 Å². The van der Waals surface area contributed by atoms with Crippen LogP contribution in [0.4, 0.5) is 10.1 Å². The van der Waals surface area contributed by atoms with Crippen LogP contribution in [0.25, 0.3) is 0 Å². The lowest BCUT2D eigenvalue weighted by atomic mass is 10.2. The molecule has 2 aromatic carbocycles. The van der Waals surface area contributed by atoms with Gasteiger partial charge < -0.3 is 5.32 Å². The molecular formula is C14H11ClFNO. The number of aryl methyl sites for hydroxylation is 1. The SMILES string of the molecule is Cc1cccc(NC(=O)c2ccc(Cl)cc2)c1F. The topological polar surface area (TPSA) is 29.1 Å². The van der Waals surface area contributed by atoms with Gasteiger partial charge in [0.15, 0.2) is 0 Å². The summed E-state index contributed by atoms with van der Waals surface area (Å²) in [6.45, 7) is 1.65. The minimum atomic E-state index is -0.417. The molecule has 2 nitrogen and oxygen atoms in total. The molecule has 2 rings (SSSR count). The normalized spacial score (nSPS) is 10.2. The van der Waals surface area contributed by atoms with Gasteiger partial charge in [-0.2, -0.15) is 0 Å². The Labute approximate surface area is 109 Å². The average Bonchev–Trinajstić information content (AvgIpc) is 2.36. The van der Waals surface area contributed by atoms with Gasteiger partial charge in [0.1, 0.15) is 5.82 Å². The van der Waals surface area contributed by atoms with E-state index in [9.17, 15) is 9.18 Å². The molecule has 0 unspecified atom stereocenters. The van der Waals surface area contributed by atoms with Crippen LogP contribution in [-0.2, 0) is 0 Å². The zero-order valence-electron chi connectivity index (χ0n) is 9.71. The van der Waals surface area contributed by atoms with E-state index in [1.807, 2.05) is 0 Å². The zero-order chi connectivity index (χ0) is 13.1. The molecule has 4 heteroatoms. The number of rotatable bonds is 2. The van der Waals surface area contributed by atoms with Crippen LogP contribution in [0.5, 0.6) is 0 Å². The Morgan fingerprint density at radius 3 is 2.50 bits per heavy atom. The van der Waals surface area contributed by atoms with E-state index in [0.717, 1.165) is 0 Å². The molecule has 0 aliphatic heterocycles. The molecule has 0 bridgehead atoms. The fourth-order valence-corrected chi connectivity index (χ4v) is 1.67. The van der Waals surface area contributed by atoms with Gasteiger partial charge in [0.25, 0.3) is 5.91 Å². The molecule has 1 N–H and O–H groups in total. The Morgan fingerprint density at radius 2 is 1.83 bits per heavy atom. The van der Waals surface area contributed by atoms with Crippen molar-refractivity contribution in [3.63, 3.8) is 0 Å². The van der Waals surface area contributed by atoms with Gasteiger partial charge in [0, 0.05) is 10.6 Å². The zero-order valence-corrected chi connectivity index (χ0v) is 10.5. The van der Waals surface area contributed by atoms with Gasteiger partial charge in [-0.3, -0.25) is 4.79 Å². The summed E-state index contributed by atoms with van der Waals surface area (Å²) in [4.78, 5) is 11.9. The molecule has 0 fully saturated rings. The third-order valence-corrected chi connectivity index (χ3v) is 2.80. The summed E-state index contributed by atoms with van der Waals surface area (Å²) in [6, 6.07) is 11.3. The van der Waals surface area contributed by atoms with Gasteiger partial charge in [0.05, 0.1) is 5.69 Å². The third kappa shape index (κ3) is 2.68. The Bertz CT molecular complexity index is 581. The quantitative estimate of drug-likeness (QED) is 0.870. The van der Waals surface area contributed by atoms with Crippen molar-refractivity contribution in [3.8, 4) is 0 Å². The van der Waals surface area contributed by atoms with Gasteiger partial charge in [-0.05, 0) is 42.8 Å². The van der Waals surface area contributed by atoms with Crippen LogP contribution in [0, 0.1) is 12.7 Å². The van der Waals surface area contributed by atoms with E-state index >= 15 is 0 Å². The maximum atomic E-state index is 13.7. The Balaban J connectivity index is 2.21. The first-order chi connectivity index (χ1) is 8.58. The molecule has 0 atom stereocenters. The molecule has 92 valence electrons. The molecule has 0 radical (unpaired) electrons. The number of hydrogen-bond donors (Lipinski definition) is 1. The largest absolute Gasteiger partial charge is 0.319 e. The second-order valence-electron chi connectivity index (χ2n) is 3.90.